The SMILES string of the molecule is [B]n1cccc1/C(CCN)=C1N=C(/C=C/c2c(C)cc(C)cc2C)C=C\1C. The molecule has 4 heteroatoms. The van der Waals surface area contributed by atoms with E-state index in [1.54, 1.807) is 4.48 Å². The van der Waals surface area contributed by atoms with Crippen LogP contribution in [0, 0.1) is 20.8 Å². The van der Waals surface area contributed by atoms with Gasteiger partial charge in [0.1, 0.15) is 0 Å². The molecule has 0 bridgehead atoms. The molecule has 3 nitrogen and oxygen atoms in total. The van der Waals surface area contributed by atoms with E-state index in [2.05, 4.69) is 58.1 Å². The van der Waals surface area contributed by atoms with Crippen LogP contribution in [0.25, 0.3) is 11.6 Å². The van der Waals surface area contributed by atoms with E-state index in [1.807, 2.05) is 18.3 Å². The summed E-state index contributed by atoms with van der Waals surface area (Å²) in [7, 11) is 6.06. The van der Waals surface area contributed by atoms with E-state index in [4.69, 9.17) is 18.7 Å². The van der Waals surface area contributed by atoms with Gasteiger partial charge in [-0.1, -0.05) is 23.8 Å². The van der Waals surface area contributed by atoms with Gasteiger partial charge in [-0.25, -0.2) is 4.99 Å². The molecular weight excluding hydrogens is 329 g/mol. The Labute approximate surface area is 163 Å². The van der Waals surface area contributed by atoms with E-state index in [-0.39, 0.29) is 0 Å². The molecule has 1 aromatic heterocycles. The van der Waals surface area contributed by atoms with Crippen LogP contribution in [0.4, 0.5) is 0 Å². The van der Waals surface area contributed by atoms with E-state index in [9.17, 15) is 0 Å². The lowest BCUT2D eigenvalue weighted by Crippen LogP contribution is -2.05. The second kappa shape index (κ2) is 7.97. The molecule has 0 saturated carbocycles. The predicted octanol–water partition coefficient (Wildman–Crippen LogP) is 4.52. The maximum absolute atomic E-state index is 6.06. The molecule has 0 aliphatic carbocycles. The molecule has 136 valence electrons. The van der Waals surface area contributed by atoms with Crippen molar-refractivity contribution in [2.45, 2.75) is 34.1 Å². The van der Waals surface area contributed by atoms with Gasteiger partial charge in [0.2, 0.25) is 7.98 Å². The highest BCUT2D eigenvalue weighted by Gasteiger charge is 2.17. The Hall–Kier alpha value is -2.59. The fraction of sp³-hybridized carbons (Fsp3) is 0.261. The quantitative estimate of drug-likeness (QED) is 0.788. The van der Waals surface area contributed by atoms with Crippen LogP contribution >= 0.6 is 0 Å². The van der Waals surface area contributed by atoms with Crippen LogP contribution in [0.3, 0.4) is 0 Å². The van der Waals surface area contributed by atoms with Crippen molar-refractivity contribution in [3.63, 3.8) is 0 Å². The molecule has 3 rings (SSSR count). The van der Waals surface area contributed by atoms with Crippen LogP contribution in [0.2, 0.25) is 0 Å². The molecular formula is C23H26BN3. The van der Waals surface area contributed by atoms with Gasteiger partial charge in [0.15, 0.2) is 0 Å². The van der Waals surface area contributed by atoms with E-state index in [0.717, 1.165) is 34.7 Å². The highest BCUT2D eigenvalue weighted by molar-refractivity contribution is 6.11. The van der Waals surface area contributed by atoms with Gasteiger partial charge in [0, 0.05) is 11.3 Å². The van der Waals surface area contributed by atoms with Crippen LogP contribution in [0.15, 0.2) is 58.9 Å². The number of allylic oxidation sites excluding steroid dienone is 3. The van der Waals surface area contributed by atoms with Gasteiger partial charge in [-0.05, 0) is 93.4 Å². The van der Waals surface area contributed by atoms with Crippen LogP contribution < -0.4 is 5.73 Å². The first-order valence-corrected chi connectivity index (χ1v) is 9.30. The second-order valence-corrected chi connectivity index (χ2v) is 7.18. The van der Waals surface area contributed by atoms with Crippen molar-refractivity contribution in [2.24, 2.45) is 10.7 Å². The number of aliphatic imine (C=N–C) groups is 1. The van der Waals surface area contributed by atoms with E-state index >= 15 is 0 Å². The minimum Gasteiger partial charge on any atom is -0.403 e. The molecule has 0 atom stereocenters. The Morgan fingerprint density at radius 2 is 1.85 bits per heavy atom. The van der Waals surface area contributed by atoms with Crippen molar-refractivity contribution in [2.75, 3.05) is 6.54 Å². The number of hydrogen-bond acceptors (Lipinski definition) is 2. The summed E-state index contributed by atoms with van der Waals surface area (Å²) >= 11 is 0. The Morgan fingerprint density at radius 1 is 1.15 bits per heavy atom. The number of rotatable bonds is 5. The lowest BCUT2D eigenvalue weighted by Gasteiger charge is -2.12. The summed E-state index contributed by atoms with van der Waals surface area (Å²) in [5, 5.41) is 0. The number of aryl methyl sites for hydroxylation is 3. The first kappa shape index (κ1) is 19.2. The second-order valence-electron chi connectivity index (χ2n) is 7.18. The highest BCUT2D eigenvalue weighted by Crippen LogP contribution is 2.31. The fourth-order valence-corrected chi connectivity index (χ4v) is 3.72. The first-order valence-electron chi connectivity index (χ1n) is 9.30. The van der Waals surface area contributed by atoms with Gasteiger partial charge in [-0.15, -0.1) is 0 Å². The van der Waals surface area contributed by atoms with Gasteiger partial charge >= 0.3 is 0 Å². The zero-order chi connectivity index (χ0) is 19.6. The molecule has 1 aliphatic rings. The normalized spacial score (nSPS) is 16.0. The third-order valence-electron chi connectivity index (χ3n) is 4.91. The molecule has 2 radical (unpaired) electrons. The number of benzene rings is 1. The van der Waals surface area contributed by atoms with Gasteiger partial charge in [-0.2, -0.15) is 0 Å². The first-order chi connectivity index (χ1) is 12.9. The molecule has 0 unspecified atom stereocenters. The van der Waals surface area contributed by atoms with Crippen LogP contribution in [-0.2, 0) is 0 Å². The lowest BCUT2D eigenvalue weighted by atomic mass is 9.99. The highest BCUT2D eigenvalue weighted by atomic mass is 14.9. The number of nitrogens with zero attached hydrogens (tertiary/aromatic N) is 2. The largest absolute Gasteiger partial charge is 0.403 e. The number of aromatic nitrogens is 1. The summed E-state index contributed by atoms with van der Waals surface area (Å²) in [6.45, 7) is 9.07. The molecule has 1 aromatic carbocycles. The maximum atomic E-state index is 6.06. The Morgan fingerprint density at radius 3 is 2.44 bits per heavy atom. The zero-order valence-electron chi connectivity index (χ0n) is 16.6. The molecule has 0 spiro atoms. The topological polar surface area (TPSA) is 43.3 Å². The Bertz CT molecular complexity index is 964. The summed E-state index contributed by atoms with van der Waals surface area (Å²) in [6.07, 6.45) is 8.93. The molecule has 0 saturated heterocycles. The monoisotopic (exact) mass is 355 g/mol. The molecule has 2 aromatic rings. The summed E-state index contributed by atoms with van der Waals surface area (Å²) in [5.74, 6) is 0. The van der Waals surface area contributed by atoms with Crippen LogP contribution in [-0.4, -0.2) is 24.7 Å². The molecule has 2 heterocycles. The minimum atomic E-state index is 0.555. The van der Waals surface area contributed by atoms with Crippen molar-refractivity contribution < 1.29 is 0 Å². The minimum absolute atomic E-state index is 0.555. The average molecular weight is 355 g/mol. The van der Waals surface area contributed by atoms with Crippen molar-refractivity contribution in [3.05, 3.63) is 81.8 Å². The van der Waals surface area contributed by atoms with Gasteiger partial charge < -0.3 is 10.2 Å². The van der Waals surface area contributed by atoms with Crippen molar-refractivity contribution in [1.82, 2.24) is 4.48 Å². The molecule has 1 aliphatic heterocycles. The summed E-state index contributed by atoms with van der Waals surface area (Å²) < 4.78 is 1.63. The van der Waals surface area contributed by atoms with Gasteiger partial charge in [0.25, 0.3) is 0 Å². The lowest BCUT2D eigenvalue weighted by molar-refractivity contribution is 0.997. The fourth-order valence-electron chi connectivity index (χ4n) is 3.72. The van der Waals surface area contributed by atoms with Crippen LogP contribution in [0.1, 0.15) is 41.3 Å². The van der Waals surface area contributed by atoms with Gasteiger partial charge in [-0.3, -0.25) is 0 Å². The third-order valence-corrected chi connectivity index (χ3v) is 4.91. The number of hydrogen-bond donors (Lipinski definition) is 1. The van der Waals surface area contributed by atoms with E-state index < -0.39 is 0 Å². The maximum Gasteiger partial charge on any atom is 0.234 e. The smallest absolute Gasteiger partial charge is 0.234 e. The molecule has 0 fully saturated rings. The van der Waals surface area contributed by atoms with Crippen molar-refractivity contribution in [1.29, 1.82) is 0 Å². The Balaban J connectivity index is 1.99. The van der Waals surface area contributed by atoms with Crippen molar-refractivity contribution in [3.8, 4) is 0 Å². The van der Waals surface area contributed by atoms with Gasteiger partial charge in [0.05, 0.1) is 11.4 Å². The predicted molar refractivity (Wildman–Crippen MR) is 117 cm³/mol. The summed E-state index contributed by atoms with van der Waals surface area (Å²) in [6, 6.07) is 8.37. The average Bonchev–Trinajstić information content (AvgIpc) is 3.17. The number of nitrogens with two attached hydrogens (primary N) is 1. The van der Waals surface area contributed by atoms with E-state index in [0.29, 0.717) is 6.54 Å². The summed E-state index contributed by atoms with van der Waals surface area (Å²) in [4.78, 5) is 4.87. The standard InChI is InChI=1S/C23H26BN3/c1-15-12-16(2)20(17(3)13-15)8-7-19-14-18(4)23(26-19)21(9-10-25)22-6-5-11-27(22)24/h5-8,11-14H,9-10,25H2,1-4H3/b8-7+,23-21-. The zero-order valence-corrected chi connectivity index (χ0v) is 16.6. The van der Waals surface area contributed by atoms with Crippen LogP contribution in [0.5, 0.6) is 0 Å². The van der Waals surface area contributed by atoms with E-state index in [1.165, 1.54) is 22.3 Å². The summed E-state index contributed by atoms with van der Waals surface area (Å²) in [5.41, 5.74) is 16.1. The molecule has 0 amide bonds. The molecule has 27 heavy (non-hydrogen) atoms. The Kier molecular flexibility index (Phi) is 5.66. The van der Waals surface area contributed by atoms with Crippen molar-refractivity contribution >= 4 is 25.3 Å². The molecule has 2 N–H and O–H groups in total. The third kappa shape index (κ3) is 4.06.